The molecule has 3 aliphatic heterocycles. The summed E-state index contributed by atoms with van der Waals surface area (Å²) in [6, 6.07) is 14.4. The van der Waals surface area contributed by atoms with Crippen LogP contribution in [0.15, 0.2) is 60.2 Å². The van der Waals surface area contributed by atoms with Crippen LogP contribution >= 0.6 is 0 Å². The third-order valence-electron chi connectivity index (χ3n) is 7.98. The van der Waals surface area contributed by atoms with Crippen molar-refractivity contribution >= 4 is 17.8 Å². The van der Waals surface area contributed by atoms with Gasteiger partial charge in [-0.25, -0.2) is 9.59 Å². The van der Waals surface area contributed by atoms with Crippen molar-refractivity contribution in [3.8, 4) is 11.1 Å². The molecular formula is C27H26N2O5. The van der Waals surface area contributed by atoms with Gasteiger partial charge in [0.05, 0.1) is 25.2 Å². The highest BCUT2D eigenvalue weighted by atomic mass is 16.5. The third-order valence-corrected chi connectivity index (χ3v) is 7.98. The van der Waals surface area contributed by atoms with Gasteiger partial charge in [-0.15, -0.1) is 0 Å². The lowest BCUT2D eigenvalue weighted by atomic mass is 9.89. The number of hydrogen-bond acceptors (Lipinski definition) is 5. The first-order valence-corrected chi connectivity index (χ1v) is 11.8. The Bertz CT molecular complexity index is 1190. The van der Waals surface area contributed by atoms with Gasteiger partial charge < -0.3 is 14.7 Å². The highest BCUT2D eigenvalue weighted by Crippen LogP contribution is 2.51. The van der Waals surface area contributed by atoms with E-state index in [1.165, 1.54) is 12.0 Å². The number of aliphatic carboxylic acids is 1. The van der Waals surface area contributed by atoms with Crippen LogP contribution in [0.1, 0.15) is 36.4 Å². The summed E-state index contributed by atoms with van der Waals surface area (Å²) in [6.45, 7) is 0.624. The van der Waals surface area contributed by atoms with E-state index in [0.717, 1.165) is 22.3 Å². The number of likely N-dealkylation sites (tertiary alicyclic amines) is 1. The standard InChI is InChI=1S/C27H26N2O5/c1-34-27(33)21-14-15-10-11-22(26(31)32)29(15)25(30)24-20(21)12-13-28(24)23-18-8-4-2-6-16(18)17-7-3-5-9-19(17)23/h2-9,14-15,20,22-24H,10-13H2,1H3,(H,31,32)/t15-,20-,22+,24+/m1/s1. The molecule has 34 heavy (non-hydrogen) atoms. The molecule has 174 valence electrons. The number of esters is 1. The number of methoxy groups -OCH3 is 1. The smallest absolute Gasteiger partial charge is 0.333 e. The number of carbonyl (C=O) groups is 3. The van der Waals surface area contributed by atoms with Gasteiger partial charge in [0.25, 0.3) is 0 Å². The third kappa shape index (κ3) is 2.89. The van der Waals surface area contributed by atoms with Crippen molar-refractivity contribution in [1.82, 2.24) is 9.80 Å². The number of carbonyl (C=O) groups excluding carboxylic acids is 2. The molecule has 6 rings (SSSR count). The molecule has 2 aromatic rings. The summed E-state index contributed by atoms with van der Waals surface area (Å²) in [4.78, 5) is 42.7. The molecule has 0 aromatic heterocycles. The molecule has 4 atom stereocenters. The summed E-state index contributed by atoms with van der Waals surface area (Å²) in [5, 5.41) is 9.84. The van der Waals surface area contributed by atoms with E-state index >= 15 is 0 Å². The molecule has 0 bridgehead atoms. The number of carboxylic acid groups (broad SMARTS) is 1. The van der Waals surface area contributed by atoms with E-state index in [9.17, 15) is 19.5 Å². The summed E-state index contributed by atoms with van der Waals surface area (Å²) in [6.07, 6.45) is 3.34. The Balaban J connectivity index is 1.49. The zero-order valence-corrected chi connectivity index (χ0v) is 18.9. The summed E-state index contributed by atoms with van der Waals surface area (Å²) < 4.78 is 5.11. The largest absolute Gasteiger partial charge is 0.480 e. The van der Waals surface area contributed by atoms with Crippen LogP contribution in [0.5, 0.6) is 0 Å². The van der Waals surface area contributed by atoms with Crippen molar-refractivity contribution < 1.29 is 24.2 Å². The Morgan fingerprint density at radius 2 is 1.62 bits per heavy atom. The second-order valence-corrected chi connectivity index (χ2v) is 9.51. The van der Waals surface area contributed by atoms with Gasteiger partial charge in [-0.2, -0.15) is 0 Å². The van der Waals surface area contributed by atoms with Crippen LogP contribution in [-0.2, 0) is 19.1 Å². The molecule has 4 aliphatic rings. The van der Waals surface area contributed by atoms with Gasteiger partial charge in [-0.1, -0.05) is 54.6 Å². The van der Waals surface area contributed by atoms with Crippen LogP contribution in [0.3, 0.4) is 0 Å². The van der Waals surface area contributed by atoms with Crippen LogP contribution in [0.4, 0.5) is 0 Å². The highest BCUT2D eigenvalue weighted by Gasteiger charge is 2.54. The number of benzene rings is 2. The Morgan fingerprint density at radius 3 is 2.24 bits per heavy atom. The van der Waals surface area contributed by atoms with Gasteiger partial charge in [0.15, 0.2) is 0 Å². The summed E-state index contributed by atoms with van der Waals surface area (Å²) >= 11 is 0. The van der Waals surface area contributed by atoms with E-state index in [2.05, 4.69) is 29.2 Å². The van der Waals surface area contributed by atoms with Gasteiger partial charge in [0.1, 0.15) is 6.04 Å². The van der Waals surface area contributed by atoms with E-state index < -0.39 is 30.1 Å². The predicted molar refractivity (Wildman–Crippen MR) is 124 cm³/mol. The van der Waals surface area contributed by atoms with Crippen molar-refractivity contribution in [2.24, 2.45) is 5.92 Å². The Labute approximate surface area is 197 Å². The fraction of sp³-hybridized carbons (Fsp3) is 0.370. The molecule has 1 aliphatic carbocycles. The minimum Gasteiger partial charge on any atom is -0.480 e. The zero-order chi connectivity index (χ0) is 23.6. The molecule has 7 nitrogen and oxygen atoms in total. The number of carboxylic acids is 1. The van der Waals surface area contributed by atoms with Crippen LogP contribution in [-0.4, -0.2) is 64.5 Å². The minimum absolute atomic E-state index is 0.132. The summed E-state index contributed by atoms with van der Waals surface area (Å²) in [5.41, 5.74) is 5.08. The van der Waals surface area contributed by atoms with Gasteiger partial charge >= 0.3 is 11.9 Å². The van der Waals surface area contributed by atoms with Gasteiger partial charge in [-0.05, 0) is 41.5 Å². The van der Waals surface area contributed by atoms with Gasteiger partial charge in [0, 0.05) is 18.0 Å². The van der Waals surface area contributed by atoms with E-state index in [4.69, 9.17) is 4.74 Å². The SMILES string of the molecule is COC(=O)C1=C[C@H]2CC[C@@H](C(=O)O)N2C(=O)[C@@H]2[C@@H]1CCN2C1c2ccccc2-c2ccccc21. The molecule has 0 unspecified atom stereocenters. The second-order valence-electron chi connectivity index (χ2n) is 9.51. The van der Waals surface area contributed by atoms with E-state index in [0.29, 0.717) is 31.4 Å². The first kappa shape index (κ1) is 21.1. The van der Waals surface area contributed by atoms with Crippen molar-refractivity contribution in [2.75, 3.05) is 13.7 Å². The van der Waals surface area contributed by atoms with Crippen molar-refractivity contribution in [3.05, 3.63) is 71.3 Å². The predicted octanol–water partition coefficient (Wildman–Crippen LogP) is 3.00. The Kier molecular flexibility index (Phi) is 4.85. The topological polar surface area (TPSA) is 87.1 Å². The molecule has 2 aromatic carbocycles. The van der Waals surface area contributed by atoms with Crippen molar-refractivity contribution in [2.45, 2.75) is 43.4 Å². The Morgan fingerprint density at radius 1 is 0.971 bits per heavy atom. The lowest BCUT2D eigenvalue weighted by molar-refractivity contribution is -0.151. The molecule has 2 saturated heterocycles. The van der Waals surface area contributed by atoms with Crippen molar-refractivity contribution in [1.29, 1.82) is 0 Å². The lowest BCUT2D eigenvalue weighted by Crippen LogP contribution is -2.53. The molecule has 7 heteroatoms. The zero-order valence-electron chi connectivity index (χ0n) is 18.9. The summed E-state index contributed by atoms with van der Waals surface area (Å²) in [5.74, 6) is -1.96. The van der Waals surface area contributed by atoms with Crippen molar-refractivity contribution in [3.63, 3.8) is 0 Å². The number of rotatable bonds is 3. The van der Waals surface area contributed by atoms with E-state index in [-0.39, 0.29) is 17.9 Å². The fourth-order valence-corrected chi connectivity index (χ4v) is 6.61. The molecule has 0 radical (unpaired) electrons. The van der Waals surface area contributed by atoms with Crippen LogP contribution in [0.25, 0.3) is 11.1 Å². The number of hydrogen-bond donors (Lipinski definition) is 1. The van der Waals surface area contributed by atoms with Crippen LogP contribution in [0, 0.1) is 5.92 Å². The average molecular weight is 459 g/mol. The van der Waals surface area contributed by atoms with Gasteiger partial charge in [-0.3, -0.25) is 9.69 Å². The maximum Gasteiger partial charge on any atom is 0.333 e. The normalized spacial score (nSPS) is 28.0. The van der Waals surface area contributed by atoms with Crippen LogP contribution in [0.2, 0.25) is 0 Å². The quantitative estimate of drug-likeness (QED) is 0.712. The number of fused-ring (bicyclic) bond motifs is 5. The second kappa shape index (κ2) is 7.81. The molecule has 0 spiro atoms. The van der Waals surface area contributed by atoms with Gasteiger partial charge in [0.2, 0.25) is 5.91 Å². The molecule has 1 N–H and O–H groups in total. The monoisotopic (exact) mass is 458 g/mol. The summed E-state index contributed by atoms with van der Waals surface area (Å²) in [7, 11) is 1.35. The number of ether oxygens (including phenoxy) is 1. The molecule has 3 heterocycles. The molecule has 1 amide bonds. The first-order chi connectivity index (χ1) is 16.5. The number of amides is 1. The molecular weight excluding hydrogens is 432 g/mol. The molecule has 2 fully saturated rings. The van der Waals surface area contributed by atoms with E-state index in [1.807, 2.05) is 24.3 Å². The maximum absolute atomic E-state index is 14.1. The number of nitrogens with zero attached hydrogens (tertiary/aromatic N) is 2. The minimum atomic E-state index is -0.997. The highest BCUT2D eigenvalue weighted by molar-refractivity contribution is 5.95. The van der Waals surface area contributed by atoms with E-state index in [1.54, 1.807) is 6.08 Å². The maximum atomic E-state index is 14.1. The molecule has 0 saturated carbocycles. The van der Waals surface area contributed by atoms with Crippen LogP contribution < -0.4 is 0 Å². The first-order valence-electron chi connectivity index (χ1n) is 11.8. The fourth-order valence-electron chi connectivity index (χ4n) is 6.61. The lowest BCUT2D eigenvalue weighted by Gasteiger charge is -2.36. The Hall–Kier alpha value is -3.45. The average Bonchev–Trinajstić information content (AvgIpc) is 3.53.